The number of carbonyl (C=O) groups excluding carboxylic acids is 2. The Morgan fingerprint density at radius 3 is 2.15 bits per heavy atom. The minimum Gasteiger partial charge on any atom is -0.496 e. The van der Waals surface area contributed by atoms with Crippen molar-refractivity contribution in [2.45, 2.75) is 24.8 Å². The van der Waals surface area contributed by atoms with Crippen LogP contribution in [0.4, 0.5) is 4.79 Å². The second-order valence-corrected chi connectivity index (χ2v) is 10.9. The number of alkyl carbamates (subject to hydrolysis) is 1. The van der Waals surface area contributed by atoms with Crippen molar-refractivity contribution in [3.8, 4) is 16.9 Å². The van der Waals surface area contributed by atoms with Gasteiger partial charge in [0.2, 0.25) is 10.0 Å². The van der Waals surface area contributed by atoms with Gasteiger partial charge in [0.15, 0.2) is 0 Å². The number of amides is 2. The maximum Gasteiger partial charge on any atom is 0.407 e. The van der Waals surface area contributed by atoms with Gasteiger partial charge in [-0.25, -0.2) is 22.7 Å². The van der Waals surface area contributed by atoms with E-state index >= 15 is 0 Å². The summed E-state index contributed by atoms with van der Waals surface area (Å²) in [6.45, 7) is 0.0560. The number of carboxylic acids is 1. The van der Waals surface area contributed by atoms with Crippen LogP contribution in [0.2, 0.25) is 0 Å². The lowest BCUT2D eigenvalue weighted by Gasteiger charge is -2.18. The number of hydrogen-bond donors (Lipinski definition) is 3. The molecule has 0 spiro atoms. The number of rotatable bonds is 10. The molecule has 3 aromatic carbocycles. The van der Waals surface area contributed by atoms with Crippen LogP contribution in [0.25, 0.3) is 11.1 Å². The van der Waals surface area contributed by atoms with Crippen LogP contribution in [-0.4, -0.2) is 57.5 Å². The number of aliphatic carboxylic acids is 1. The standard InChI is InChI=1S/C28H28N2O8S/c1-37-25-15-17(11-13-22(25)26(31)30-39(2,35)36)12-14-24(27(32)33)29-28(34)38-16-23-20-9-5-3-7-18(20)19-8-4-6-10-21(19)23/h3-11,13,15,23-24H,12,14,16H2,1-2H3,(H,29,34)(H,30,31)(H,32,33). The van der Waals surface area contributed by atoms with Gasteiger partial charge in [-0.05, 0) is 52.8 Å². The minimum atomic E-state index is -3.76. The molecule has 0 saturated carbocycles. The zero-order chi connectivity index (χ0) is 28.2. The highest BCUT2D eigenvalue weighted by molar-refractivity contribution is 7.89. The Labute approximate surface area is 226 Å². The molecule has 10 nitrogen and oxygen atoms in total. The summed E-state index contributed by atoms with van der Waals surface area (Å²) in [7, 11) is -2.43. The lowest BCUT2D eigenvalue weighted by Crippen LogP contribution is -2.41. The van der Waals surface area contributed by atoms with Crippen LogP contribution in [0.3, 0.4) is 0 Å². The van der Waals surface area contributed by atoms with Gasteiger partial charge < -0.3 is 19.9 Å². The SMILES string of the molecule is COc1cc(CCC(NC(=O)OCC2c3ccccc3-c3ccccc32)C(=O)O)ccc1C(=O)NS(C)(=O)=O. The summed E-state index contributed by atoms with van der Waals surface area (Å²) < 4.78 is 35.3. The van der Waals surface area contributed by atoms with E-state index in [1.54, 1.807) is 6.07 Å². The molecule has 1 unspecified atom stereocenters. The highest BCUT2D eigenvalue weighted by Gasteiger charge is 2.30. The normalized spacial score (nSPS) is 13.1. The Hall–Kier alpha value is -4.38. The van der Waals surface area contributed by atoms with Crippen LogP contribution in [0.15, 0.2) is 66.7 Å². The highest BCUT2D eigenvalue weighted by Crippen LogP contribution is 2.44. The van der Waals surface area contributed by atoms with E-state index in [4.69, 9.17) is 9.47 Å². The summed E-state index contributed by atoms with van der Waals surface area (Å²) in [6, 6.07) is 19.0. The zero-order valence-corrected chi connectivity index (χ0v) is 22.2. The number of ether oxygens (including phenoxy) is 2. The molecule has 11 heteroatoms. The second-order valence-electron chi connectivity index (χ2n) is 9.14. The van der Waals surface area contributed by atoms with E-state index in [-0.39, 0.29) is 36.7 Å². The third-order valence-electron chi connectivity index (χ3n) is 6.44. The first-order valence-electron chi connectivity index (χ1n) is 12.1. The Morgan fingerprint density at radius 1 is 0.974 bits per heavy atom. The Morgan fingerprint density at radius 2 is 1.59 bits per heavy atom. The molecule has 0 saturated heterocycles. The van der Waals surface area contributed by atoms with E-state index in [9.17, 15) is 27.9 Å². The Kier molecular flexibility index (Phi) is 8.20. The predicted molar refractivity (Wildman–Crippen MR) is 143 cm³/mol. The van der Waals surface area contributed by atoms with Crippen molar-refractivity contribution in [2.24, 2.45) is 0 Å². The third kappa shape index (κ3) is 6.55. The molecule has 3 aromatic rings. The van der Waals surface area contributed by atoms with Gasteiger partial charge in [-0.15, -0.1) is 0 Å². The molecule has 0 radical (unpaired) electrons. The van der Waals surface area contributed by atoms with E-state index in [1.165, 1.54) is 19.2 Å². The summed E-state index contributed by atoms with van der Waals surface area (Å²) in [5.74, 6) is -2.09. The van der Waals surface area contributed by atoms with Crippen LogP contribution in [-0.2, 0) is 26.0 Å². The second kappa shape index (κ2) is 11.6. The number of methoxy groups -OCH3 is 1. The maximum atomic E-state index is 12.6. The van der Waals surface area contributed by atoms with Crippen molar-refractivity contribution in [1.82, 2.24) is 10.0 Å². The largest absolute Gasteiger partial charge is 0.496 e. The molecule has 1 aliphatic carbocycles. The summed E-state index contributed by atoms with van der Waals surface area (Å²) in [4.78, 5) is 36.6. The summed E-state index contributed by atoms with van der Waals surface area (Å²) >= 11 is 0. The number of hydrogen-bond acceptors (Lipinski definition) is 7. The fourth-order valence-corrected chi connectivity index (χ4v) is 5.10. The molecule has 3 N–H and O–H groups in total. The zero-order valence-electron chi connectivity index (χ0n) is 21.3. The monoisotopic (exact) mass is 552 g/mol. The molecule has 2 amide bonds. The van der Waals surface area contributed by atoms with E-state index in [2.05, 4.69) is 5.32 Å². The predicted octanol–water partition coefficient (Wildman–Crippen LogP) is 3.31. The summed E-state index contributed by atoms with van der Waals surface area (Å²) in [5, 5.41) is 12.1. The molecule has 1 aliphatic rings. The first kappa shape index (κ1) is 27.6. The number of sulfonamides is 1. The molecular formula is C28H28N2O8S. The van der Waals surface area contributed by atoms with E-state index in [0.717, 1.165) is 28.5 Å². The van der Waals surface area contributed by atoms with Crippen molar-refractivity contribution in [1.29, 1.82) is 0 Å². The van der Waals surface area contributed by atoms with Crippen LogP contribution >= 0.6 is 0 Å². The van der Waals surface area contributed by atoms with Crippen molar-refractivity contribution in [3.05, 3.63) is 89.0 Å². The number of carbonyl (C=O) groups is 3. The molecular weight excluding hydrogens is 524 g/mol. The van der Waals surface area contributed by atoms with Crippen LogP contribution in [0, 0.1) is 0 Å². The summed E-state index contributed by atoms with van der Waals surface area (Å²) in [6.07, 6.45) is 0.291. The van der Waals surface area contributed by atoms with Crippen molar-refractivity contribution in [3.63, 3.8) is 0 Å². The number of nitrogens with one attached hydrogen (secondary N) is 2. The molecule has 4 rings (SSSR count). The molecule has 0 fully saturated rings. The molecule has 39 heavy (non-hydrogen) atoms. The van der Waals surface area contributed by atoms with Gasteiger partial charge in [0, 0.05) is 5.92 Å². The van der Waals surface area contributed by atoms with E-state index in [1.807, 2.05) is 53.3 Å². The fraction of sp³-hybridized carbons (Fsp3) is 0.250. The fourth-order valence-electron chi connectivity index (χ4n) is 4.65. The van der Waals surface area contributed by atoms with E-state index in [0.29, 0.717) is 5.56 Å². The number of aryl methyl sites for hydroxylation is 1. The Bertz CT molecular complexity index is 1470. The maximum absolute atomic E-state index is 12.6. The molecule has 0 heterocycles. The average molecular weight is 553 g/mol. The number of benzene rings is 3. The molecule has 0 bridgehead atoms. The Balaban J connectivity index is 1.37. The molecule has 204 valence electrons. The molecule has 1 atom stereocenters. The van der Waals surface area contributed by atoms with Gasteiger partial charge in [-0.3, -0.25) is 4.79 Å². The average Bonchev–Trinajstić information content (AvgIpc) is 3.22. The van der Waals surface area contributed by atoms with Gasteiger partial charge in [-0.2, -0.15) is 0 Å². The van der Waals surface area contributed by atoms with Crippen LogP contribution in [0.5, 0.6) is 5.75 Å². The highest BCUT2D eigenvalue weighted by atomic mass is 32.2. The summed E-state index contributed by atoms with van der Waals surface area (Å²) in [5.41, 5.74) is 4.90. The van der Waals surface area contributed by atoms with Crippen molar-refractivity contribution >= 4 is 28.0 Å². The molecule has 0 aliphatic heterocycles. The van der Waals surface area contributed by atoms with Gasteiger partial charge in [0.25, 0.3) is 5.91 Å². The van der Waals surface area contributed by atoms with Gasteiger partial charge in [-0.1, -0.05) is 54.6 Å². The minimum absolute atomic E-state index is 0.0122. The van der Waals surface area contributed by atoms with E-state index < -0.39 is 34.0 Å². The number of fused-ring (bicyclic) bond motifs is 3. The van der Waals surface area contributed by atoms with Crippen molar-refractivity contribution < 1.29 is 37.4 Å². The lowest BCUT2D eigenvalue weighted by atomic mass is 9.98. The molecule has 0 aromatic heterocycles. The van der Waals surface area contributed by atoms with Gasteiger partial charge in [0.05, 0.1) is 18.9 Å². The van der Waals surface area contributed by atoms with Crippen molar-refractivity contribution in [2.75, 3.05) is 20.0 Å². The topological polar surface area (TPSA) is 148 Å². The van der Waals surface area contributed by atoms with Crippen LogP contribution < -0.4 is 14.8 Å². The quantitative estimate of drug-likeness (QED) is 0.347. The lowest BCUT2D eigenvalue weighted by molar-refractivity contribution is -0.139. The first-order valence-corrected chi connectivity index (χ1v) is 14.0. The number of carboxylic acid groups (broad SMARTS) is 1. The first-order chi connectivity index (χ1) is 18.6. The van der Waals surface area contributed by atoms with Gasteiger partial charge in [0.1, 0.15) is 18.4 Å². The van der Waals surface area contributed by atoms with Crippen LogP contribution in [0.1, 0.15) is 39.4 Å². The smallest absolute Gasteiger partial charge is 0.407 e. The third-order valence-corrected chi connectivity index (χ3v) is 7.00. The van der Waals surface area contributed by atoms with Gasteiger partial charge >= 0.3 is 12.1 Å².